The first-order valence-corrected chi connectivity index (χ1v) is 8.99. The zero-order valence-corrected chi connectivity index (χ0v) is 15.1. The summed E-state index contributed by atoms with van der Waals surface area (Å²) in [4.78, 5) is 14.5. The second kappa shape index (κ2) is 7.18. The Kier molecular flexibility index (Phi) is 5.00. The predicted octanol–water partition coefficient (Wildman–Crippen LogP) is 4.04. The maximum absolute atomic E-state index is 12.4. The average molecular weight is 342 g/mol. The highest BCUT2D eigenvalue weighted by Crippen LogP contribution is 2.32. The quantitative estimate of drug-likeness (QED) is 0.673. The van der Waals surface area contributed by atoms with Crippen molar-refractivity contribution in [1.29, 1.82) is 0 Å². The monoisotopic (exact) mass is 342 g/mol. The Balaban J connectivity index is 1.70. The third-order valence-corrected chi connectivity index (χ3v) is 5.60. The minimum absolute atomic E-state index is 0.135. The van der Waals surface area contributed by atoms with Gasteiger partial charge in [0.25, 0.3) is 5.91 Å². The van der Waals surface area contributed by atoms with E-state index in [0.29, 0.717) is 5.92 Å². The Morgan fingerprint density at radius 3 is 3.00 bits per heavy atom. The molecule has 126 valence electrons. The Bertz CT molecular complexity index is 779. The zero-order chi connectivity index (χ0) is 17.1. The van der Waals surface area contributed by atoms with E-state index in [0.717, 1.165) is 34.7 Å². The molecule has 1 aliphatic rings. The number of nitrogens with zero attached hydrogens (tertiary/aromatic N) is 1. The van der Waals surface area contributed by atoms with E-state index in [4.69, 9.17) is 4.74 Å². The number of nitrogens with one attached hydrogen (secondary N) is 1. The van der Waals surface area contributed by atoms with Gasteiger partial charge in [0.1, 0.15) is 5.75 Å². The van der Waals surface area contributed by atoms with Gasteiger partial charge in [-0.2, -0.15) is 5.10 Å². The lowest BCUT2D eigenvalue weighted by Crippen LogP contribution is -2.18. The smallest absolute Gasteiger partial charge is 0.281 e. The van der Waals surface area contributed by atoms with E-state index in [1.807, 2.05) is 37.3 Å². The molecule has 4 nitrogen and oxygen atoms in total. The molecular formula is C19H22N2O2S. The summed E-state index contributed by atoms with van der Waals surface area (Å²) < 4.78 is 5.21. The maximum atomic E-state index is 12.4. The van der Waals surface area contributed by atoms with Gasteiger partial charge in [-0.1, -0.05) is 19.1 Å². The predicted molar refractivity (Wildman–Crippen MR) is 98.2 cm³/mol. The summed E-state index contributed by atoms with van der Waals surface area (Å²) in [6, 6.07) is 9.66. The Morgan fingerprint density at radius 2 is 2.21 bits per heavy atom. The number of benzene rings is 1. The van der Waals surface area contributed by atoms with Crippen LogP contribution in [-0.2, 0) is 12.8 Å². The molecule has 0 saturated heterocycles. The SMILES string of the molecule is COc1cccc(C(C)=NNC(=O)c2cc3c(s2)CCC(C)C3)c1. The molecule has 1 heterocycles. The Hall–Kier alpha value is -2.14. The number of aryl methyl sites for hydroxylation is 1. The van der Waals surface area contributed by atoms with Crippen molar-refractivity contribution in [3.8, 4) is 5.75 Å². The highest BCUT2D eigenvalue weighted by molar-refractivity contribution is 7.14. The fourth-order valence-electron chi connectivity index (χ4n) is 2.92. The molecular weight excluding hydrogens is 320 g/mol. The van der Waals surface area contributed by atoms with Gasteiger partial charge >= 0.3 is 0 Å². The first-order chi connectivity index (χ1) is 11.6. The van der Waals surface area contributed by atoms with Crippen molar-refractivity contribution in [1.82, 2.24) is 5.43 Å². The maximum Gasteiger partial charge on any atom is 0.281 e. The van der Waals surface area contributed by atoms with E-state index in [1.165, 1.54) is 16.9 Å². The Morgan fingerprint density at radius 1 is 1.38 bits per heavy atom. The number of hydrazone groups is 1. The molecule has 1 atom stereocenters. The molecule has 0 spiro atoms. The van der Waals surface area contributed by atoms with Gasteiger partial charge in [0, 0.05) is 10.4 Å². The number of rotatable bonds is 4. The first-order valence-electron chi connectivity index (χ1n) is 8.17. The molecule has 1 unspecified atom stereocenters. The van der Waals surface area contributed by atoms with Gasteiger partial charge < -0.3 is 4.74 Å². The second-order valence-corrected chi connectivity index (χ2v) is 7.41. The molecule has 1 aromatic heterocycles. The number of fused-ring (bicyclic) bond motifs is 1. The van der Waals surface area contributed by atoms with Crippen LogP contribution in [0.2, 0.25) is 0 Å². The minimum Gasteiger partial charge on any atom is -0.497 e. The molecule has 1 aromatic carbocycles. The molecule has 0 radical (unpaired) electrons. The number of ether oxygens (including phenoxy) is 1. The van der Waals surface area contributed by atoms with Gasteiger partial charge in [0.15, 0.2) is 0 Å². The van der Waals surface area contributed by atoms with E-state index in [1.54, 1.807) is 18.4 Å². The molecule has 0 saturated carbocycles. The summed E-state index contributed by atoms with van der Waals surface area (Å²) in [5.74, 6) is 1.34. The highest BCUT2D eigenvalue weighted by atomic mass is 32.1. The molecule has 1 amide bonds. The number of hydrogen-bond donors (Lipinski definition) is 1. The third kappa shape index (κ3) is 3.67. The molecule has 1 aliphatic carbocycles. The summed E-state index contributed by atoms with van der Waals surface area (Å²) in [6.07, 6.45) is 3.37. The summed E-state index contributed by atoms with van der Waals surface area (Å²) in [5, 5.41) is 4.24. The summed E-state index contributed by atoms with van der Waals surface area (Å²) in [7, 11) is 1.63. The minimum atomic E-state index is -0.135. The lowest BCUT2D eigenvalue weighted by molar-refractivity contribution is 0.0959. The van der Waals surface area contributed by atoms with Gasteiger partial charge in [-0.05, 0) is 55.9 Å². The summed E-state index contributed by atoms with van der Waals surface area (Å²) >= 11 is 1.60. The Labute approximate surface area is 146 Å². The molecule has 2 aromatic rings. The second-order valence-electron chi connectivity index (χ2n) is 6.28. The number of carbonyl (C=O) groups excluding carboxylic acids is 1. The first kappa shape index (κ1) is 16.7. The number of thiophene rings is 1. The standard InChI is InChI=1S/C19H22N2O2S/c1-12-7-8-17-15(9-12)11-18(24-17)19(22)21-20-13(2)14-5-4-6-16(10-14)23-3/h4-6,10-12H,7-9H2,1-3H3,(H,21,22). The van der Waals surface area contributed by atoms with Crippen LogP contribution in [0.15, 0.2) is 35.4 Å². The van der Waals surface area contributed by atoms with Gasteiger partial charge in [-0.25, -0.2) is 5.43 Å². The fourth-order valence-corrected chi connectivity index (χ4v) is 4.02. The lowest BCUT2D eigenvalue weighted by Gasteiger charge is -2.16. The van der Waals surface area contributed by atoms with E-state index in [-0.39, 0.29) is 5.91 Å². The van der Waals surface area contributed by atoms with Gasteiger partial charge in [-0.15, -0.1) is 11.3 Å². The van der Waals surface area contributed by atoms with Gasteiger partial charge in [0.2, 0.25) is 0 Å². The van der Waals surface area contributed by atoms with Crippen LogP contribution < -0.4 is 10.2 Å². The van der Waals surface area contributed by atoms with Crippen LogP contribution in [-0.4, -0.2) is 18.7 Å². The van der Waals surface area contributed by atoms with E-state index >= 15 is 0 Å². The highest BCUT2D eigenvalue weighted by Gasteiger charge is 2.20. The van der Waals surface area contributed by atoms with Crippen molar-refractivity contribution < 1.29 is 9.53 Å². The third-order valence-electron chi connectivity index (χ3n) is 4.37. The van der Waals surface area contributed by atoms with Crippen molar-refractivity contribution in [3.05, 3.63) is 51.2 Å². The molecule has 3 rings (SSSR count). The normalized spacial score (nSPS) is 17.3. The van der Waals surface area contributed by atoms with Crippen molar-refractivity contribution in [2.75, 3.05) is 7.11 Å². The molecule has 0 aliphatic heterocycles. The fraction of sp³-hybridized carbons (Fsp3) is 0.368. The van der Waals surface area contributed by atoms with Crippen molar-refractivity contribution >= 4 is 23.0 Å². The molecule has 24 heavy (non-hydrogen) atoms. The van der Waals surface area contributed by atoms with Gasteiger partial charge in [-0.3, -0.25) is 4.79 Å². The van der Waals surface area contributed by atoms with Crippen LogP contribution in [0.4, 0.5) is 0 Å². The van der Waals surface area contributed by atoms with Gasteiger partial charge in [0.05, 0.1) is 17.7 Å². The van der Waals surface area contributed by atoms with Crippen molar-refractivity contribution in [3.63, 3.8) is 0 Å². The molecule has 0 fully saturated rings. The van der Waals surface area contributed by atoms with Crippen LogP contribution in [0, 0.1) is 5.92 Å². The topological polar surface area (TPSA) is 50.7 Å². The largest absolute Gasteiger partial charge is 0.497 e. The van der Waals surface area contributed by atoms with E-state index < -0.39 is 0 Å². The van der Waals surface area contributed by atoms with Crippen LogP contribution in [0.5, 0.6) is 5.75 Å². The van der Waals surface area contributed by atoms with Crippen LogP contribution >= 0.6 is 11.3 Å². The number of amides is 1. The van der Waals surface area contributed by atoms with Crippen molar-refractivity contribution in [2.24, 2.45) is 11.0 Å². The van der Waals surface area contributed by atoms with Crippen LogP contribution in [0.1, 0.15) is 45.9 Å². The van der Waals surface area contributed by atoms with E-state index in [2.05, 4.69) is 17.5 Å². The number of hydrogen-bond acceptors (Lipinski definition) is 4. The number of methoxy groups -OCH3 is 1. The summed E-state index contributed by atoms with van der Waals surface area (Å²) in [6.45, 7) is 4.14. The molecule has 5 heteroatoms. The van der Waals surface area contributed by atoms with Crippen LogP contribution in [0.25, 0.3) is 0 Å². The number of carbonyl (C=O) groups is 1. The van der Waals surface area contributed by atoms with Crippen LogP contribution in [0.3, 0.4) is 0 Å². The average Bonchev–Trinajstić information content (AvgIpc) is 3.02. The zero-order valence-electron chi connectivity index (χ0n) is 14.3. The summed E-state index contributed by atoms with van der Waals surface area (Å²) in [5.41, 5.74) is 5.68. The molecule has 1 N–H and O–H groups in total. The lowest BCUT2D eigenvalue weighted by atomic mass is 9.90. The molecule has 0 bridgehead atoms. The van der Waals surface area contributed by atoms with Crippen molar-refractivity contribution in [2.45, 2.75) is 33.1 Å². The van der Waals surface area contributed by atoms with E-state index in [9.17, 15) is 4.79 Å².